The van der Waals surface area contributed by atoms with Crippen LogP contribution < -0.4 is 0 Å². The first kappa shape index (κ1) is 7.07. The van der Waals surface area contributed by atoms with E-state index in [4.69, 9.17) is 5.11 Å². The van der Waals surface area contributed by atoms with Gasteiger partial charge in [-0.2, -0.15) is 5.10 Å². The maximum atomic E-state index is 11.7. The summed E-state index contributed by atoms with van der Waals surface area (Å²) in [5.41, 5.74) is 0. The molecule has 1 unspecified atom stereocenters. The Kier molecular flexibility index (Phi) is 1.91. The van der Waals surface area contributed by atoms with Crippen LogP contribution in [0.15, 0.2) is 6.33 Å². The summed E-state index contributed by atoms with van der Waals surface area (Å²) in [5.74, 6) is -0.213. The maximum absolute atomic E-state index is 11.7. The average molecular weight is 149 g/mol. The van der Waals surface area contributed by atoms with Crippen molar-refractivity contribution in [1.82, 2.24) is 15.2 Å². The molecule has 0 amide bonds. The van der Waals surface area contributed by atoms with Gasteiger partial charge in [0.05, 0.1) is 0 Å². The monoisotopic (exact) mass is 149 g/mol. The molecule has 0 aliphatic heterocycles. The molecule has 1 aromatic rings. The van der Waals surface area contributed by atoms with Crippen LogP contribution in [-0.2, 0) is 0 Å². The summed E-state index contributed by atoms with van der Waals surface area (Å²) in [6.45, 7) is 0. The van der Waals surface area contributed by atoms with Gasteiger partial charge in [0.1, 0.15) is 6.33 Å². The standard InChI is InChI=1S/C4H5F2N3O/c5-3(6)2(10)4-7-1-8-9-4/h1-3,10H,(H,7,8,9). The van der Waals surface area contributed by atoms with E-state index in [9.17, 15) is 8.78 Å². The van der Waals surface area contributed by atoms with E-state index in [2.05, 4.69) is 15.2 Å². The van der Waals surface area contributed by atoms with Gasteiger partial charge in [0.2, 0.25) is 0 Å². The van der Waals surface area contributed by atoms with Gasteiger partial charge in [-0.3, -0.25) is 5.10 Å². The van der Waals surface area contributed by atoms with Crippen molar-refractivity contribution < 1.29 is 13.9 Å². The number of nitrogens with zero attached hydrogens (tertiary/aromatic N) is 2. The molecule has 0 spiro atoms. The number of H-pyrrole nitrogens is 1. The number of hydrogen-bond donors (Lipinski definition) is 2. The zero-order chi connectivity index (χ0) is 7.56. The first-order valence-corrected chi connectivity index (χ1v) is 2.53. The predicted molar refractivity (Wildman–Crippen MR) is 27.3 cm³/mol. The van der Waals surface area contributed by atoms with E-state index in [1.807, 2.05) is 0 Å². The summed E-state index contributed by atoms with van der Waals surface area (Å²) in [5, 5.41) is 14.0. The van der Waals surface area contributed by atoms with Crippen LogP contribution >= 0.6 is 0 Å². The van der Waals surface area contributed by atoms with Crippen LogP contribution in [0.25, 0.3) is 0 Å². The van der Waals surface area contributed by atoms with E-state index in [0.29, 0.717) is 0 Å². The highest BCUT2D eigenvalue weighted by atomic mass is 19.3. The fraction of sp³-hybridized carbons (Fsp3) is 0.500. The lowest BCUT2D eigenvalue weighted by molar-refractivity contribution is -0.0106. The molecule has 0 radical (unpaired) electrons. The lowest BCUT2D eigenvalue weighted by atomic mass is 10.4. The van der Waals surface area contributed by atoms with Gasteiger partial charge >= 0.3 is 0 Å². The van der Waals surface area contributed by atoms with Gasteiger partial charge < -0.3 is 5.11 Å². The van der Waals surface area contributed by atoms with Crippen LogP contribution in [0.5, 0.6) is 0 Å². The fourth-order valence-electron chi connectivity index (χ4n) is 0.477. The van der Waals surface area contributed by atoms with E-state index < -0.39 is 12.5 Å². The number of aliphatic hydroxyl groups excluding tert-OH is 1. The number of halogens is 2. The number of nitrogens with one attached hydrogen (secondary N) is 1. The normalized spacial score (nSPS) is 14.0. The van der Waals surface area contributed by atoms with Gasteiger partial charge in [0, 0.05) is 0 Å². The van der Waals surface area contributed by atoms with Crippen LogP contribution in [0.4, 0.5) is 8.78 Å². The van der Waals surface area contributed by atoms with Crippen molar-refractivity contribution in [3.63, 3.8) is 0 Å². The molecule has 0 aliphatic carbocycles. The topological polar surface area (TPSA) is 61.8 Å². The van der Waals surface area contributed by atoms with E-state index in [0.717, 1.165) is 6.33 Å². The second-order valence-corrected chi connectivity index (χ2v) is 1.65. The molecule has 0 saturated heterocycles. The van der Waals surface area contributed by atoms with Crippen molar-refractivity contribution in [2.75, 3.05) is 0 Å². The first-order valence-electron chi connectivity index (χ1n) is 2.53. The second-order valence-electron chi connectivity index (χ2n) is 1.65. The van der Waals surface area contributed by atoms with E-state index >= 15 is 0 Å². The van der Waals surface area contributed by atoms with Crippen molar-refractivity contribution in [2.24, 2.45) is 0 Å². The highest BCUT2D eigenvalue weighted by molar-refractivity contribution is 4.87. The number of aliphatic hydroxyl groups is 1. The van der Waals surface area contributed by atoms with Crippen LogP contribution in [0.2, 0.25) is 0 Å². The number of rotatable bonds is 2. The Hall–Kier alpha value is -1.04. The molecular formula is C4H5F2N3O. The molecule has 2 N–H and O–H groups in total. The quantitative estimate of drug-likeness (QED) is 0.627. The number of alkyl halides is 2. The summed E-state index contributed by atoms with van der Waals surface area (Å²) in [6, 6.07) is 0. The Morgan fingerprint density at radius 2 is 2.30 bits per heavy atom. The average Bonchev–Trinajstić information content (AvgIpc) is 2.36. The minimum Gasteiger partial charge on any atom is -0.379 e. The minimum absolute atomic E-state index is 0.213. The van der Waals surface area contributed by atoms with Gasteiger partial charge in [0.15, 0.2) is 11.9 Å². The third-order valence-corrected chi connectivity index (χ3v) is 0.952. The van der Waals surface area contributed by atoms with Crippen molar-refractivity contribution in [2.45, 2.75) is 12.5 Å². The minimum atomic E-state index is -2.83. The SMILES string of the molecule is OC(c1ncn[nH]1)C(F)F. The summed E-state index contributed by atoms with van der Waals surface area (Å²) in [4.78, 5) is 3.34. The fourth-order valence-corrected chi connectivity index (χ4v) is 0.477. The molecule has 10 heavy (non-hydrogen) atoms. The smallest absolute Gasteiger partial charge is 0.271 e. The first-order chi connectivity index (χ1) is 4.72. The van der Waals surface area contributed by atoms with Crippen LogP contribution in [-0.4, -0.2) is 26.7 Å². The molecule has 0 saturated carbocycles. The van der Waals surface area contributed by atoms with Gasteiger partial charge in [-0.15, -0.1) is 0 Å². The molecule has 0 fully saturated rings. The Balaban J connectivity index is 2.68. The summed E-state index contributed by atoms with van der Waals surface area (Å²) in [6.07, 6.45) is -3.63. The molecule has 0 aromatic carbocycles. The maximum Gasteiger partial charge on any atom is 0.271 e. The number of aromatic amines is 1. The molecule has 4 nitrogen and oxygen atoms in total. The third-order valence-electron chi connectivity index (χ3n) is 0.952. The zero-order valence-electron chi connectivity index (χ0n) is 4.83. The Bertz CT molecular complexity index is 188. The van der Waals surface area contributed by atoms with E-state index in [1.165, 1.54) is 0 Å². The summed E-state index contributed by atoms with van der Waals surface area (Å²) < 4.78 is 23.3. The van der Waals surface area contributed by atoms with Crippen molar-refractivity contribution >= 4 is 0 Å². The number of aromatic nitrogens is 3. The molecule has 0 bridgehead atoms. The van der Waals surface area contributed by atoms with E-state index in [1.54, 1.807) is 0 Å². The van der Waals surface area contributed by atoms with Gasteiger partial charge in [-0.1, -0.05) is 0 Å². The molecule has 0 aliphatic rings. The Morgan fingerprint density at radius 1 is 1.60 bits per heavy atom. The Morgan fingerprint density at radius 3 is 2.70 bits per heavy atom. The molecule has 6 heteroatoms. The summed E-state index contributed by atoms with van der Waals surface area (Å²) in [7, 11) is 0. The van der Waals surface area contributed by atoms with E-state index in [-0.39, 0.29) is 5.82 Å². The lowest BCUT2D eigenvalue weighted by Crippen LogP contribution is -2.09. The Labute approximate surface area is 54.9 Å². The van der Waals surface area contributed by atoms with Crippen LogP contribution in [0.3, 0.4) is 0 Å². The third kappa shape index (κ3) is 1.27. The molecule has 1 atom stereocenters. The van der Waals surface area contributed by atoms with Gasteiger partial charge in [-0.25, -0.2) is 13.8 Å². The zero-order valence-corrected chi connectivity index (χ0v) is 4.83. The lowest BCUT2D eigenvalue weighted by Gasteiger charge is -2.02. The molecule has 1 aromatic heterocycles. The molecular weight excluding hydrogens is 144 g/mol. The largest absolute Gasteiger partial charge is 0.379 e. The molecule has 1 heterocycles. The second kappa shape index (κ2) is 2.70. The van der Waals surface area contributed by atoms with Crippen molar-refractivity contribution in [3.05, 3.63) is 12.2 Å². The predicted octanol–water partition coefficient (Wildman–Crippen LogP) is 0.103. The van der Waals surface area contributed by atoms with Gasteiger partial charge in [-0.05, 0) is 0 Å². The van der Waals surface area contributed by atoms with Crippen LogP contribution in [0.1, 0.15) is 11.9 Å². The highest BCUT2D eigenvalue weighted by Gasteiger charge is 2.21. The highest BCUT2D eigenvalue weighted by Crippen LogP contribution is 2.14. The van der Waals surface area contributed by atoms with Crippen molar-refractivity contribution in [1.29, 1.82) is 0 Å². The summed E-state index contributed by atoms with van der Waals surface area (Å²) >= 11 is 0. The van der Waals surface area contributed by atoms with Crippen molar-refractivity contribution in [3.8, 4) is 0 Å². The molecule has 1 rings (SSSR count). The number of hydrogen-bond acceptors (Lipinski definition) is 3. The van der Waals surface area contributed by atoms with Crippen LogP contribution in [0, 0.1) is 0 Å². The molecule has 56 valence electrons. The van der Waals surface area contributed by atoms with Gasteiger partial charge in [0.25, 0.3) is 6.43 Å².